The van der Waals surface area contributed by atoms with Crippen molar-refractivity contribution in [3.63, 3.8) is 0 Å². The van der Waals surface area contributed by atoms with Crippen molar-refractivity contribution in [2.45, 2.75) is 6.92 Å². The van der Waals surface area contributed by atoms with Gasteiger partial charge >= 0.3 is 17.3 Å². The third-order valence-corrected chi connectivity index (χ3v) is 0.249. The third kappa shape index (κ3) is 20.3. The van der Waals surface area contributed by atoms with E-state index >= 15 is 0 Å². The molecule has 0 saturated carbocycles. The van der Waals surface area contributed by atoms with Crippen LogP contribution in [0, 0.1) is 6.65 Å². The third-order valence-electron chi connectivity index (χ3n) is 0.249. The van der Waals surface area contributed by atoms with Gasteiger partial charge in [0.05, 0.1) is 6.26 Å². The topological polar surface area (TPSA) is 46.2 Å². The SMILES string of the molecule is C=COC(C)=O.[C-]#[O+]. The Kier molecular flexibility index (Phi) is 11.7. The van der Waals surface area contributed by atoms with Crippen molar-refractivity contribution < 1.29 is 14.2 Å². The molecule has 3 nitrogen and oxygen atoms in total. The summed E-state index contributed by atoms with van der Waals surface area (Å²) in [5, 5.41) is 0. The average molecular weight is 114 g/mol. The molecule has 0 radical (unpaired) electrons. The number of hydrogen-bond donors (Lipinski definition) is 0. The van der Waals surface area contributed by atoms with Gasteiger partial charge in [-0.15, -0.1) is 0 Å². The summed E-state index contributed by atoms with van der Waals surface area (Å²) in [5.41, 5.74) is 0. The Morgan fingerprint density at radius 3 is 2.25 bits per heavy atom. The number of rotatable bonds is 1. The summed E-state index contributed by atoms with van der Waals surface area (Å²) in [6.07, 6.45) is 1.10. The quantitative estimate of drug-likeness (QED) is 0.217. The normalized spacial score (nSPS) is 5.38. The van der Waals surface area contributed by atoms with Crippen LogP contribution in [-0.2, 0) is 14.2 Å². The maximum atomic E-state index is 9.75. The molecule has 0 N–H and O–H groups in total. The van der Waals surface area contributed by atoms with Gasteiger partial charge in [0.15, 0.2) is 0 Å². The number of carbonyl (C=O) groups is 1. The summed E-state index contributed by atoms with van der Waals surface area (Å²) < 4.78 is 11.7. The molecule has 3 heteroatoms. The first-order chi connectivity index (χ1) is 3.77. The van der Waals surface area contributed by atoms with Gasteiger partial charge in [-0.05, 0) is 0 Å². The molecule has 0 aromatic rings. The monoisotopic (exact) mass is 114 g/mol. The van der Waals surface area contributed by atoms with E-state index in [0.717, 1.165) is 6.26 Å². The van der Waals surface area contributed by atoms with Gasteiger partial charge in [0.2, 0.25) is 0 Å². The van der Waals surface area contributed by atoms with Gasteiger partial charge < -0.3 is 4.74 Å². The van der Waals surface area contributed by atoms with Crippen LogP contribution in [0.1, 0.15) is 6.92 Å². The zero-order chi connectivity index (χ0) is 6.99. The van der Waals surface area contributed by atoms with E-state index in [1.165, 1.54) is 6.92 Å². The Hall–Kier alpha value is -1.05. The van der Waals surface area contributed by atoms with E-state index in [0.29, 0.717) is 0 Å². The van der Waals surface area contributed by atoms with Crippen molar-refractivity contribution in [2.75, 3.05) is 0 Å². The van der Waals surface area contributed by atoms with Gasteiger partial charge in [-0.2, -0.15) is 0 Å². The van der Waals surface area contributed by atoms with Crippen LogP contribution in [0.4, 0.5) is 0 Å². The minimum absolute atomic E-state index is 0.329. The predicted octanol–water partition coefficient (Wildman–Crippen LogP) is 0.655. The van der Waals surface area contributed by atoms with Crippen LogP contribution in [0.2, 0.25) is 0 Å². The predicted molar refractivity (Wildman–Crippen MR) is 25.9 cm³/mol. The van der Waals surface area contributed by atoms with Crippen LogP contribution >= 0.6 is 0 Å². The molecule has 0 aromatic heterocycles. The second-order valence-electron chi connectivity index (χ2n) is 0.776. The van der Waals surface area contributed by atoms with Crippen molar-refractivity contribution in [1.82, 2.24) is 0 Å². The molecular weight excluding hydrogens is 108 g/mol. The molecule has 0 aliphatic rings. The summed E-state index contributed by atoms with van der Waals surface area (Å²) in [5.74, 6) is -0.329. The fourth-order valence-corrected chi connectivity index (χ4v) is 0.117. The Bertz CT molecular complexity index is 93.1. The van der Waals surface area contributed by atoms with E-state index in [1.807, 2.05) is 0 Å². The fraction of sp³-hybridized carbons (Fsp3) is 0.200. The van der Waals surface area contributed by atoms with Crippen molar-refractivity contribution in [3.8, 4) is 0 Å². The van der Waals surface area contributed by atoms with Crippen LogP contribution in [0.5, 0.6) is 0 Å². The average Bonchev–Trinajstić information content (AvgIpc) is 1.72. The number of carbonyl (C=O) groups excluding carboxylic acids is 1. The van der Waals surface area contributed by atoms with Gasteiger partial charge in [-0.25, -0.2) is 0 Å². The fourth-order valence-electron chi connectivity index (χ4n) is 0.117. The summed E-state index contributed by atoms with van der Waals surface area (Å²) >= 11 is 0. The molecule has 0 aliphatic carbocycles. The van der Waals surface area contributed by atoms with E-state index in [1.54, 1.807) is 0 Å². The molecule has 0 rings (SSSR count). The first-order valence-electron chi connectivity index (χ1n) is 1.76. The molecule has 8 heavy (non-hydrogen) atoms. The van der Waals surface area contributed by atoms with Crippen molar-refractivity contribution >= 4 is 5.97 Å². The Labute approximate surface area is 47.7 Å². The molecule has 0 aromatic carbocycles. The molecule has 0 spiro atoms. The first-order valence-corrected chi connectivity index (χ1v) is 1.76. The van der Waals surface area contributed by atoms with Gasteiger partial charge in [-0.1, -0.05) is 6.58 Å². The van der Waals surface area contributed by atoms with Gasteiger partial charge in [0.25, 0.3) is 0 Å². The number of ether oxygens (including phenoxy) is 1. The molecule has 0 bridgehead atoms. The second kappa shape index (κ2) is 9.34. The second-order valence-corrected chi connectivity index (χ2v) is 0.776. The van der Waals surface area contributed by atoms with E-state index in [-0.39, 0.29) is 5.97 Å². The zero-order valence-corrected chi connectivity index (χ0v) is 4.51. The molecule has 44 valence electrons. The Balaban J connectivity index is 0. The molecule has 0 atom stereocenters. The maximum absolute atomic E-state index is 9.75. The number of hydrogen-bond acceptors (Lipinski definition) is 2. The van der Waals surface area contributed by atoms with E-state index in [4.69, 9.17) is 4.65 Å². The standard InChI is InChI=1S/C4H6O2.CO/c1-3-6-4(2)5;1-2/h3H,1H2,2H3;. The van der Waals surface area contributed by atoms with Crippen molar-refractivity contribution in [3.05, 3.63) is 19.5 Å². The molecule has 0 aliphatic heterocycles. The van der Waals surface area contributed by atoms with Crippen LogP contribution in [-0.4, -0.2) is 5.97 Å². The van der Waals surface area contributed by atoms with E-state index in [9.17, 15) is 4.79 Å². The van der Waals surface area contributed by atoms with Gasteiger partial charge in [0, 0.05) is 6.92 Å². The Morgan fingerprint density at radius 1 is 1.88 bits per heavy atom. The molecule has 0 amide bonds. The summed E-state index contributed by atoms with van der Waals surface area (Å²) in [6, 6.07) is 0. The Morgan fingerprint density at radius 2 is 2.25 bits per heavy atom. The van der Waals surface area contributed by atoms with Gasteiger partial charge in [0.1, 0.15) is 0 Å². The van der Waals surface area contributed by atoms with E-state index in [2.05, 4.69) is 18.0 Å². The van der Waals surface area contributed by atoms with Crippen LogP contribution in [0.3, 0.4) is 0 Å². The molecule has 0 unspecified atom stereocenters. The van der Waals surface area contributed by atoms with Crippen LogP contribution in [0.25, 0.3) is 0 Å². The van der Waals surface area contributed by atoms with Crippen molar-refractivity contribution in [1.29, 1.82) is 0 Å². The summed E-state index contributed by atoms with van der Waals surface area (Å²) in [6.45, 7) is 8.98. The summed E-state index contributed by atoms with van der Waals surface area (Å²) in [4.78, 5) is 9.75. The van der Waals surface area contributed by atoms with Crippen LogP contribution in [0.15, 0.2) is 12.8 Å². The molecule has 0 fully saturated rings. The van der Waals surface area contributed by atoms with Crippen LogP contribution < -0.4 is 0 Å². The molecule has 0 saturated heterocycles. The summed E-state index contributed by atoms with van der Waals surface area (Å²) in [7, 11) is 0. The van der Waals surface area contributed by atoms with Gasteiger partial charge in [-0.3, -0.25) is 4.79 Å². The van der Waals surface area contributed by atoms with Crippen molar-refractivity contribution in [2.24, 2.45) is 0 Å². The zero-order valence-electron chi connectivity index (χ0n) is 4.51. The minimum atomic E-state index is -0.329. The molecule has 0 heterocycles. The first kappa shape index (κ1) is 10.0. The van der Waals surface area contributed by atoms with E-state index < -0.39 is 0 Å². The molecular formula is C5H6O3. The number of esters is 1.